The lowest BCUT2D eigenvalue weighted by atomic mass is 10.0. The van der Waals surface area contributed by atoms with Gasteiger partial charge in [0.15, 0.2) is 9.84 Å². The summed E-state index contributed by atoms with van der Waals surface area (Å²) >= 11 is 0. The fourth-order valence-electron chi connectivity index (χ4n) is 1.96. The van der Waals surface area contributed by atoms with Gasteiger partial charge in [-0.2, -0.15) is 0 Å². The van der Waals surface area contributed by atoms with Gasteiger partial charge < -0.3 is 10.0 Å². The fraction of sp³-hybridized carbons (Fsp3) is 0.800. The summed E-state index contributed by atoms with van der Waals surface area (Å²) in [6.45, 7) is 1.62. The van der Waals surface area contributed by atoms with E-state index in [4.69, 9.17) is 5.11 Å². The highest BCUT2D eigenvalue weighted by atomic mass is 32.2. The monoisotopic (exact) mass is 263 g/mol. The molecule has 17 heavy (non-hydrogen) atoms. The highest BCUT2D eigenvalue weighted by Gasteiger charge is 2.36. The fourth-order valence-corrected chi connectivity index (χ4v) is 3.74. The van der Waals surface area contributed by atoms with E-state index in [0.717, 1.165) is 0 Å². The lowest BCUT2D eigenvalue weighted by Crippen LogP contribution is -2.43. The largest absolute Gasteiger partial charge is 0.481 e. The van der Waals surface area contributed by atoms with E-state index in [1.807, 2.05) is 0 Å². The molecule has 1 saturated heterocycles. The van der Waals surface area contributed by atoms with Gasteiger partial charge in [-0.3, -0.25) is 9.59 Å². The van der Waals surface area contributed by atoms with Crippen LogP contribution in [0.4, 0.5) is 0 Å². The minimum Gasteiger partial charge on any atom is -0.481 e. The Balaban J connectivity index is 2.74. The third kappa shape index (κ3) is 3.18. The van der Waals surface area contributed by atoms with E-state index in [9.17, 15) is 18.0 Å². The van der Waals surface area contributed by atoms with E-state index in [2.05, 4.69) is 0 Å². The van der Waals surface area contributed by atoms with Crippen LogP contribution in [-0.4, -0.2) is 54.9 Å². The molecule has 0 aromatic heterocycles. The van der Waals surface area contributed by atoms with Crippen LogP contribution >= 0.6 is 0 Å². The molecule has 0 aliphatic carbocycles. The number of carboxylic acid groups (broad SMARTS) is 1. The van der Waals surface area contributed by atoms with Crippen molar-refractivity contribution in [3.63, 3.8) is 0 Å². The molecule has 98 valence electrons. The summed E-state index contributed by atoms with van der Waals surface area (Å²) in [6.07, 6.45) is 0.596. The maximum absolute atomic E-state index is 11.9. The number of carboxylic acids is 1. The van der Waals surface area contributed by atoms with Gasteiger partial charge in [0.05, 0.1) is 11.5 Å². The van der Waals surface area contributed by atoms with Gasteiger partial charge >= 0.3 is 5.97 Å². The molecule has 1 fully saturated rings. The number of rotatable bonds is 4. The van der Waals surface area contributed by atoms with Gasteiger partial charge in [-0.1, -0.05) is 6.92 Å². The minimum absolute atomic E-state index is 0.0642. The van der Waals surface area contributed by atoms with Gasteiger partial charge in [-0.05, 0) is 12.8 Å². The quantitative estimate of drug-likeness (QED) is 0.706. The predicted molar refractivity (Wildman–Crippen MR) is 61.2 cm³/mol. The van der Waals surface area contributed by atoms with Gasteiger partial charge in [0.2, 0.25) is 5.91 Å². The van der Waals surface area contributed by atoms with E-state index >= 15 is 0 Å². The van der Waals surface area contributed by atoms with E-state index in [1.165, 1.54) is 11.9 Å². The third-order valence-corrected chi connectivity index (χ3v) is 4.86. The van der Waals surface area contributed by atoms with Crippen LogP contribution in [-0.2, 0) is 19.4 Å². The minimum atomic E-state index is -3.07. The van der Waals surface area contributed by atoms with Crippen molar-refractivity contribution in [3.05, 3.63) is 0 Å². The van der Waals surface area contributed by atoms with Crippen molar-refractivity contribution >= 4 is 21.7 Å². The number of hydrogen-bond acceptors (Lipinski definition) is 4. The normalized spacial score (nSPS) is 24.2. The van der Waals surface area contributed by atoms with Crippen LogP contribution in [0.15, 0.2) is 0 Å². The SMILES string of the molecule is CCC(C(=O)O)C(=O)N(C)C1CCS(=O)(=O)C1. The van der Waals surface area contributed by atoms with Crippen molar-refractivity contribution in [1.29, 1.82) is 0 Å². The molecule has 0 radical (unpaired) electrons. The molecule has 1 amide bonds. The van der Waals surface area contributed by atoms with Crippen molar-refractivity contribution < 1.29 is 23.1 Å². The summed E-state index contributed by atoms with van der Waals surface area (Å²) in [4.78, 5) is 24.0. The van der Waals surface area contributed by atoms with Gasteiger partial charge in [0.1, 0.15) is 5.92 Å². The van der Waals surface area contributed by atoms with Crippen LogP contribution in [0.5, 0.6) is 0 Å². The molecular weight excluding hydrogens is 246 g/mol. The number of hydrogen-bond donors (Lipinski definition) is 1. The summed E-state index contributed by atoms with van der Waals surface area (Å²) in [5.41, 5.74) is 0. The summed E-state index contributed by atoms with van der Waals surface area (Å²) in [6, 6.07) is -0.388. The zero-order valence-electron chi connectivity index (χ0n) is 9.92. The Bertz CT molecular complexity index is 416. The maximum atomic E-state index is 11.9. The third-order valence-electron chi connectivity index (χ3n) is 3.11. The molecule has 0 spiro atoms. The van der Waals surface area contributed by atoms with Crippen LogP contribution in [0, 0.1) is 5.92 Å². The Kier molecular flexibility index (Phi) is 4.13. The number of sulfone groups is 1. The second-order valence-corrected chi connectivity index (χ2v) is 6.53. The number of aliphatic carboxylic acids is 1. The number of carbonyl (C=O) groups is 2. The average Bonchev–Trinajstić information content (AvgIpc) is 2.58. The highest BCUT2D eigenvalue weighted by molar-refractivity contribution is 7.91. The average molecular weight is 263 g/mol. The summed E-state index contributed by atoms with van der Waals surface area (Å²) in [5.74, 6) is -2.75. The first kappa shape index (κ1) is 14.0. The van der Waals surface area contributed by atoms with Crippen LogP contribution in [0.2, 0.25) is 0 Å². The zero-order chi connectivity index (χ0) is 13.2. The molecular formula is C10H17NO5S. The molecule has 1 N–H and O–H groups in total. The molecule has 2 atom stereocenters. The molecule has 1 aliphatic heterocycles. The number of amides is 1. The molecule has 7 heteroatoms. The number of carbonyl (C=O) groups excluding carboxylic acids is 1. The Morgan fingerprint density at radius 3 is 2.41 bits per heavy atom. The molecule has 1 heterocycles. The van der Waals surface area contributed by atoms with Crippen molar-refractivity contribution in [2.75, 3.05) is 18.6 Å². The summed E-state index contributed by atoms with van der Waals surface area (Å²) < 4.78 is 22.6. The molecule has 1 rings (SSSR count). The first-order chi connectivity index (χ1) is 7.78. The second-order valence-electron chi connectivity index (χ2n) is 4.31. The van der Waals surface area contributed by atoms with E-state index < -0.39 is 27.6 Å². The first-order valence-corrected chi connectivity index (χ1v) is 7.30. The molecule has 6 nitrogen and oxygen atoms in total. The van der Waals surface area contributed by atoms with Crippen LogP contribution in [0.1, 0.15) is 19.8 Å². The zero-order valence-corrected chi connectivity index (χ0v) is 10.7. The summed E-state index contributed by atoms with van der Waals surface area (Å²) in [7, 11) is -1.60. The predicted octanol–water partition coefficient (Wildman–Crippen LogP) is -0.257. The highest BCUT2D eigenvalue weighted by Crippen LogP contribution is 2.19. The van der Waals surface area contributed by atoms with Crippen molar-refractivity contribution in [1.82, 2.24) is 4.90 Å². The van der Waals surface area contributed by atoms with Gasteiger partial charge in [0, 0.05) is 13.1 Å². The van der Waals surface area contributed by atoms with Crippen LogP contribution in [0.25, 0.3) is 0 Å². The molecule has 2 unspecified atom stereocenters. The second kappa shape index (κ2) is 5.03. The van der Waals surface area contributed by atoms with Crippen molar-refractivity contribution in [3.8, 4) is 0 Å². The smallest absolute Gasteiger partial charge is 0.316 e. The molecule has 0 aromatic rings. The Morgan fingerprint density at radius 2 is 2.06 bits per heavy atom. The number of nitrogens with zero attached hydrogens (tertiary/aromatic N) is 1. The van der Waals surface area contributed by atoms with Crippen LogP contribution < -0.4 is 0 Å². The maximum Gasteiger partial charge on any atom is 0.316 e. The van der Waals surface area contributed by atoms with Crippen molar-refractivity contribution in [2.45, 2.75) is 25.8 Å². The molecule has 0 aromatic carbocycles. The Morgan fingerprint density at radius 1 is 1.47 bits per heavy atom. The lowest BCUT2D eigenvalue weighted by Gasteiger charge is -2.25. The van der Waals surface area contributed by atoms with Gasteiger partial charge in [-0.15, -0.1) is 0 Å². The Hall–Kier alpha value is -1.11. The van der Waals surface area contributed by atoms with Crippen LogP contribution in [0.3, 0.4) is 0 Å². The van der Waals surface area contributed by atoms with Gasteiger partial charge in [0.25, 0.3) is 0 Å². The lowest BCUT2D eigenvalue weighted by molar-refractivity contribution is -0.151. The Labute approximate surface area is 101 Å². The van der Waals surface area contributed by atoms with E-state index in [1.54, 1.807) is 6.92 Å². The van der Waals surface area contributed by atoms with Crippen molar-refractivity contribution in [2.24, 2.45) is 5.92 Å². The van der Waals surface area contributed by atoms with E-state index in [0.29, 0.717) is 6.42 Å². The first-order valence-electron chi connectivity index (χ1n) is 5.48. The summed E-state index contributed by atoms with van der Waals surface area (Å²) in [5, 5.41) is 8.87. The topological polar surface area (TPSA) is 91.8 Å². The molecule has 0 bridgehead atoms. The van der Waals surface area contributed by atoms with Gasteiger partial charge in [-0.25, -0.2) is 8.42 Å². The molecule has 1 aliphatic rings. The molecule has 0 saturated carbocycles. The van der Waals surface area contributed by atoms with E-state index in [-0.39, 0.29) is 24.0 Å². The standard InChI is InChI=1S/C10H17NO5S/c1-3-8(10(13)14)9(12)11(2)7-4-5-17(15,16)6-7/h7-8H,3-6H2,1-2H3,(H,13,14).